The minimum Gasteiger partial charge on any atom is -0.351 e. The van der Waals surface area contributed by atoms with E-state index in [-0.39, 0.29) is 11.4 Å². The maximum absolute atomic E-state index is 14.7. The van der Waals surface area contributed by atoms with Gasteiger partial charge in [-0.1, -0.05) is 6.42 Å². The molecule has 2 aromatic rings. The summed E-state index contributed by atoms with van der Waals surface area (Å²) in [5.74, 6) is -2.19. The second-order valence-corrected chi connectivity index (χ2v) is 11.4. The molecule has 1 saturated heterocycles. The zero-order chi connectivity index (χ0) is 22.9. The number of nitrogens with zero attached hydrogens (tertiary/aromatic N) is 1. The van der Waals surface area contributed by atoms with Gasteiger partial charge < -0.3 is 10.6 Å². The number of hydrogen-bond acceptors (Lipinski definition) is 4. The Balaban J connectivity index is 1.50. The van der Waals surface area contributed by atoms with Crippen LogP contribution in [0, 0.1) is 22.1 Å². The van der Waals surface area contributed by atoms with Crippen LogP contribution < -0.4 is 15.4 Å². The number of piperidine rings is 1. The van der Waals surface area contributed by atoms with Crippen molar-refractivity contribution in [3.8, 4) is 0 Å². The van der Waals surface area contributed by atoms with Gasteiger partial charge in [0, 0.05) is 34.4 Å². The first-order chi connectivity index (χ1) is 15.2. The Bertz CT molecular complexity index is 1090. The molecule has 1 saturated carbocycles. The summed E-state index contributed by atoms with van der Waals surface area (Å²) in [6, 6.07) is 8.52. The van der Waals surface area contributed by atoms with E-state index in [0.717, 1.165) is 28.0 Å². The fourth-order valence-electron chi connectivity index (χ4n) is 4.03. The van der Waals surface area contributed by atoms with Crippen molar-refractivity contribution in [1.29, 1.82) is 0 Å². The van der Waals surface area contributed by atoms with Crippen LogP contribution in [0.1, 0.15) is 37.7 Å². The zero-order valence-electron chi connectivity index (χ0n) is 17.8. The number of aryl methyl sites for hydroxylation is 1. The third-order valence-corrected chi connectivity index (χ3v) is 8.35. The van der Waals surface area contributed by atoms with E-state index in [0.29, 0.717) is 30.9 Å². The predicted octanol–water partition coefficient (Wildman–Crippen LogP) is 4.88. The van der Waals surface area contributed by atoms with Crippen LogP contribution in [0.5, 0.6) is 0 Å². The van der Waals surface area contributed by atoms with E-state index < -0.39 is 21.8 Å². The molecule has 4 rings (SSSR count). The highest BCUT2D eigenvalue weighted by molar-refractivity contribution is 14.1. The second-order valence-electron chi connectivity index (χ2n) is 8.44. The Kier molecular flexibility index (Phi) is 7.23. The van der Waals surface area contributed by atoms with E-state index in [1.165, 1.54) is 29.6 Å². The van der Waals surface area contributed by atoms with Gasteiger partial charge in [0.15, 0.2) is 11.6 Å². The van der Waals surface area contributed by atoms with Crippen molar-refractivity contribution in [3.63, 3.8) is 0 Å². The molecule has 0 amide bonds. The molecule has 0 aromatic heterocycles. The lowest BCUT2D eigenvalue weighted by Crippen LogP contribution is -2.50. The molecule has 1 aliphatic heterocycles. The Labute approximate surface area is 201 Å². The van der Waals surface area contributed by atoms with Crippen molar-refractivity contribution < 1.29 is 17.2 Å². The Morgan fingerprint density at radius 3 is 2.28 bits per heavy atom. The summed E-state index contributed by atoms with van der Waals surface area (Å²) in [5.41, 5.74) is 1.13. The fraction of sp³-hybridized carbons (Fsp3) is 0.455. The van der Waals surface area contributed by atoms with Crippen molar-refractivity contribution >= 4 is 49.9 Å². The van der Waals surface area contributed by atoms with Gasteiger partial charge in [-0.15, -0.1) is 0 Å². The summed E-state index contributed by atoms with van der Waals surface area (Å²) in [7, 11) is -3.92. The van der Waals surface area contributed by atoms with Crippen molar-refractivity contribution in [1.82, 2.24) is 9.62 Å². The zero-order valence-corrected chi connectivity index (χ0v) is 20.8. The molecule has 0 unspecified atom stereocenters. The minimum atomic E-state index is -3.92. The molecule has 2 aromatic carbocycles. The molecule has 0 bridgehead atoms. The van der Waals surface area contributed by atoms with E-state index in [1.54, 1.807) is 6.07 Å². The minimum absolute atomic E-state index is 0.0310. The summed E-state index contributed by atoms with van der Waals surface area (Å²) in [4.78, 5) is 0. The first-order valence-electron chi connectivity index (χ1n) is 10.8. The van der Waals surface area contributed by atoms with Gasteiger partial charge in [0.25, 0.3) is 0 Å². The smallest absolute Gasteiger partial charge is 0.301 e. The van der Waals surface area contributed by atoms with Gasteiger partial charge in [-0.2, -0.15) is 12.7 Å². The third-order valence-electron chi connectivity index (χ3n) is 6.15. The molecule has 2 aliphatic rings. The molecule has 2 fully saturated rings. The molecule has 6 nitrogen and oxygen atoms in total. The summed E-state index contributed by atoms with van der Waals surface area (Å²) >= 11 is 2.16. The average molecular weight is 576 g/mol. The molecule has 32 heavy (non-hydrogen) atoms. The van der Waals surface area contributed by atoms with Gasteiger partial charge in [0.2, 0.25) is 0 Å². The standard InChI is InChI=1S/C22H27F2IN4O2S/c1-14-13-15(25)5-7-19(14)27-22-20(8-6-18(23)21(22)24)28-32(30,31)29-11-9-17(10-12-29)26-16-3-2-4-16/h5-8,13,16-17,26-28H,2-4,9-12H2,1H3. The Morgan fingerprint density at radius 2 is 1.66 bits per heavy atom. The number of hydrogen-bond donors (Lipinski definition) is 3. The summed E-state index contributed by atoms with van der Waals surface area (Å²) in [6.45, 7) is 2.60. The highest BCUT2D eigenvalue weighted by Crippen LogP contribution is 2.33. The van der Waals surface area contributed by atoms with Crippen LogP contribution in [0.2, 0.25) is 0 Å². The largest absolute Gasteiger partial charge is 0.351 e. The second kappa shape index (κ2) is 9.78. The monoisotopic (exact) mass is 576 g/mol. The van der Waals surface area contributed by atoms with Crippen LogP contribution in [0.15, 0.2) is 30.3 Å². The molecule has 10 heteroatoms. The van der Waals surface area contributed by atoms with Crippen LogP contribution >= 0.6 is 22.6 Å². The lowest BCUT2D eigenvalue weighted by molar-refractivity contribution is 0.237. The van der Waals surface area contributed by atoms with Gasteiger partial charge in [-0.25, -0.2) is 8.78 Å². The van der Waals surface area contributed by atoms with Crippen LogP contribution in [0.4, 0.5) is 25.8 Å². The number of halogens is 3. The summed E-state index contributed by atoms with van der Waals surface area (Å²) in [6.07, 6.45) is 5.07. The van der Waals surface area contributed by atoms with Gasteiger partial charge in [-0.05, 0) is 91.1 Å². The molecule has 1 heterocycles. The Morgan fingerprint density at radius 1 is 1.00 bits per heavy atom. The Hall–Kier alpha value is -1.50. The highest BCUT2D eigenvalue weighted by atomic mass is 127. The topological polar surface area (TPSA) is 73.5 Å². The van der Waals surface area contributed by atoms with E-state index >= 15 is 0 Å². The third kappa shape index (κ3) is 5.35. The van der Waals surface area contributed by atoms with E-state index in [4.69, 9.17) is 0 Å². The fourth-order valence-corrected chi connectivity index (χ4v) is 5.95. The molecule has 174 valence electrons. The van der Waals surface area contributed by atoms with Gasteiger partial charge in [0.1, 0.15) is 5.69 Å². The molecule has 0 radical (unpaired) electrons. The molecule has 0 spiro atoms. The van der Waals surface area contributed by atoms with Crippen molar-refractivity contribution in [2.75, 3.05) is 23.1 Å². The van der Waals surface area contributed by atoms with Gasteiger partial charge in [0.05, 0.1) is 5.69 Å². The maximum Gasteiger partial charge on any atom is 0.301 e. The van der Waals surface area contributed by atoms with Crippen LogP contribution in [0.3, 0.4) is 0 Å². The van der Waals surface area contributed by atoms with Crippen molar-refractivity contribution in [2.45, 2.75) is 51.1 Å². The number of benzene rings is 2. The van der Waals surface area contributed by atoms with Crippen LogP contribution in [0.25, 0.3) is 0 Å². The molecule has 3 N–H and O–H groups in total. The van der Waals surface area contributed by atoms with Gasteiger partial charge >= 0.3 is 10.2 Å². The maximum atomic E-state index is 14.7. The van der Waals surface area contributed by atoms with E-state index in [1.807, 2.05) is 19.1 Å². The summed E-state index contributed by atoms with van der Waals surface area (Å²) in [5, 5.41) is 6.46. The normalized spacial score (nSPS) is 18.4. The molecular weight excluding hydrogens is 549 g/mol. The number of nitrogens with one attached hydrogen (secondary N) is 3. The number of anilines is 3. The summed E-state index contributed by atoms with van der Waals surface area (Å²) < 4.78 is 59.5. The lowest BCUT2D eigenvalue weighted by atomic mass is 9.91. The number of rotatable bonds is 7. The first-order valence-corrected chi connectivity index (χ1v) is 13.3. The van der Waals surface area contributed by atoms with E-state index in [2.05, 4.69) is 37.9 Å². The van der Waals surface area contributed by atoms with E-state index in [9.17, 15) is 17.2 Å². The van der Waals surface area contributed by atoms with Crippen molar-refractivity contribution in [2.24, 2.45) is 0 Å². The van der Waals surface area contributed by atoms with Gasteiger partial charge in [-0.3, -0.25) is 4.72 Å². The SMILES string of the molecule is Cc1cc(I)ccc1Nc1c(NS(=O)(=O)N2CCC(NC3CCC3)CC2)ccc(F)c1F. The van der Waals surface area contributed by atoms with Crippen molar-refractivity contribution in [3.05, 3.63) is 51.1 Å². The quantitative estimate of drug-likeness (QED) is 0.411. The molecule has 0 atom stereocenters. The predicted molar refractivity (Wildman–Crippen MR) is 131 cm³/mol. The highest BCUT2D eigenvalue weighted by Gasteiger charge is 2.31. The first kappa shape index (κ1) is 23.7. The van der Waals surface area contributed by atoms with Crippen LogP contribution in [-0.4, -0.2) is 37.9 Å². The molecule has 1 aliphatic carbocycles. The molecular formula is C22H27F2IN4O2S. The van der Waals surface area contributed by atoms with Crippen LogP contribution in [-0.2, 0) is 10.2 Å². The lowest BCUT2D eigenvalue weighted by Gasteiger charge is -2.36. The average Bonchev–Trinajstić information content (AvgIpc) is 2.72.